The molecular weight excluding hydrogens is 360 g/mol. The van der Waals surface area contributed by atoms with E-state index in [9.17, 15) is 18.3 Å². The van der Waals surface area contributed by atoms with E-state index in [0.717, 1.165) is 44.6 Å². The summed E-state index contributed by atoms with van der Waals surface area (Å²) >= 11 is 0. The van der Waals surface area contributed by atoms with Gasteiger partial charge in [-0.25, -0.2) is 17.5 Å². The van der Waals surface area contributed by atoms with Crippen molar-refractivity contribution in [2.45, 2.75) is 17.7 Å². The summed E-state index contributed by atoms with van der Waals surface area (Å²) in [6.45, 7) is 3.76. The molecule has 0 unspecified atom stereocenters. The van der Waals surface area contributed by atoms with Gasteiger partial charge in [0.25, 0.3) is 0 Å². The molecule has 0 bridgehead atoms. The Kier molecular flexibility index (Phi) is 6.99. The molecule has 2 N–H and O–H groups in total. The minimum atomic E-state index is -3.81. The number of aromatic carboxylic acids is 1. The van der Waals surface area contributed by atoms with Gasteiger partial charge in [-0.15, -0.1) is 0 Å². The molecule has 0 saturated carbocycles. The molecule has 0 amide bonds. The van der Waals surface area contributed by atoms with Crippen molar-refractivity contribution in [2.75, 3.05) is 46.9 Å². The summed E-state index contributed by atoms with van der Waals surface area (Å²) in [7, 11) is -0.641. The highest BCUT2D eigenvalue weighted by Gasteiger charge is 2.27. The van der Waals surface area contributed by atoms with E-state index in [-0.39, 0.29) is 10.8 Å². The van der Waals surface area contributed by atoms with E-state index >= 15 is 0 Å². The lowest BCUT2D eigenvalue weighted by Gasteiger charge is -2.33. The van der Waals surface area contributed by atoms with Crippen LogP contribution < -0.4 is 0 Å². The van der Waals surface area contributed by atoms with E-state index in [0.29, 0.717) is 13.2 Å². The Morgan fingerprint density at radius 2 is 2.00 bits per heavy atom. The zero-order valence-corrected chi connectivity index (χ0v) is 15.9. The molecule has 8 nitrogen and oxygen atoms in total. The smallest absolute Gasteiger partial charge is 0.339 e. The van der Waals surface area contributed by atoms with Gasteiger partial charge in [0.15, 0.2) is 0 Å². The number of ether oxygens (including phenoxy) is 1. The Labute approximate surface area is 154 Å². The number of benzene rings is 1. The molecule has 26 heavy (non-hydrogen) atoms. The van der Waals surface area contributed by atoms with Crippen molar-refractivity contribution in [3.63, 3.8) is 0 Å². The number of rotatable bonds is 8. The first-order chi connectivity index (χ1) is 12.3. The Morgan fingerprint density at radius 3 is 2.58 bits per heavy atom. The molecule has 2 rings (SSSR count). The number of piperidine rings is 1. The van der Waals surface area contributed by atoms with Gasteiger partial charge in [-0.3, -0.25) is 0 Å². The predicted octanol–water partition coefficient (Wildman–Crippen LogP) is 1.07. The van der Waals surface area contributed by atoms with Crippen LogP contribution in [0.25, 0.3) is 0 Å². The fourth-order valence-corrected chi connectivity index (χ4v) is 4.38. The average Bonchev–Trinajstić information content (AvgIpc) is 2.61. The number of likely N-dealkylation sites (tertiary alicyclic amines) is 1. The first-order valence-corrected chi connectivity index (χ1v) is 9.93. The normalized spacial score (nSPS) is 16.9. The molecular formula is C17H26N2O6S. The second-order valence-electron chi connectivity index (χ2n) is 6.55. The van der Waals surface area contributed by atoms with Gasteiger partial charge < -0.3 is 19.8 Å². The lowest BCUT2D eigenvalue weighted by atomic mass is 9.97. The van der Waals surface area contributed by atoms with Crippen molar-refractivity contribution < 1.29 is 28.2 Å². The molecule has 1 aliphatic heterocycles. The Bertz CT molecular complexity index is 729. The predicted molar refractivity (Wildman–Crippen MR) is 95.9 cm³/mol. The molecule has 1 aliphatic rings. The summed E-state index contributed by atoms with van der Waals surface area (Å²) in [5.74, 6) is -1.57. The fraction of sp³-hybridized carbons (Fsp3) is 0.588. The molecule has 1 aromatic rings. The summed E-state index contributed by atoms with van der Waals surface area (Å²) < 4.78 is 31.8. The Balaban J connectivity index is 2.02. The second kappa shape index (κ2) is 8.81. The molecule has 0 radical (unpaired) electrons. The Morgan fingerprint density at radius 1 is 1.35 bits per heavy atom. The third-order valence-corrected chi connectivity index (χ3v) is 6.56. The topological polar surface area (TPSA) is 107 Å². The first-order valence-electron chi connectivity index (χ1n) is 8.49. The van der Waals surface area contributed by atoms with Gasteiger partial charge in [-0.05, 0) is 50.0 Å². The summed E-state index contributed by atoms with van der Waals surface area (Å²) in [6.07, 6.45) is 1.80. The van der Waals surface area contributed by atoms with Crippen LogP contribution in [0, 0.1) is 5.92 Å². The highest BCUT2D eigenvalue weighted by atomic mass is 32.2. The maximum atomic E-state index is 12.7. The number of carboxylic acid groups (broad SMARTS) is 1. The van der Waals surface area contributed by atoms with Crippen LogP contribution in [0.4, 0.5) is 0 Å². The van der Waals surface area contributed by atoms with Gasteiger partial charge in [0, 0.05) is 27.2 Å². The highest BCUT2D eigenvalue weighted by Crippen LogP contribution is 2.25. The van der Waals surface area contributed by atoms with Crippen molar-refractivity contribution >= 4 is 16.0 Å². The number of phenols is 1. The van der Waals surface area contributed by atoms with Crippen LogP contribution in [0.3, 0.4) is 0 Å². The SMILES string of the molecule is COCCN1CCC(CN(C)S(=O)(=O)c2ccc(O)c(C(=O)O)c2)CC1. The molecule has 0 atom stereocenters. The number of hydrogen-bond acceptors (Lipinski definition) is 6. The zero-order valence-electron chi connectivity index (χ0n) is 15.1. The van der Waals surface area contributed by atoms with Crippen molar-refractivity contribution in [2.24, 2.45) is 5.92 Å². The molecule has 146 valence electrons. The van der Waals surface area contributed by atoms with Crippen molar-refractivity contribution in [1.82, 2.24) is 9.21 Å². The molecule has 1 heterocycles. The minimum absolute atomic E-state index is 0.132. The summed E-state index contributed by atoms with van der Waals surface area (Å²) in [5.41, 5.74) is -0.425. The lowest BCUT2D eigenvalue weighted by Crippen LogP contribution is -2.40. The number of sulfonamides is 1. The summed E-state index contributed by atoms with van der Waals surface area (Å²) in [6, 6.07) is 3.32. The van der Waals surface area contributed by atoms with Crippen LogP contribution in [0.1, 0.15) is 23.2 Å². The maximum absolute atomic E-state index is 12.7. The monoisotopic (exact) mass is 386 g/mol. The van der Waals surface area contributed by atoms with Gasteiger partial charge in [0.2, 0.25) is 10.0 Å². The number of aromatic hydroxyl groups is 1. The van der Waals surface area contributed by atoms with E-state index in [1.807, 2.05) is 0 Å². The average molecular weight is 386 g/mol. The molecule has 0 spiro atoms. The van der Waals surface area contributed by atoms with E-state index < -0.39 is 27.3 Å². The van der Waals surface area contributed by atoms with Crippen molar-refractivity contribution in [3.05, 3.63) is 23.8 Å². The zero-order chi connectivity index (χ0) is 19.3. The highest BCUT2D eigenvalue weighted by molar-refractivity contribution is 7.89. The minimum Gasteiger partial charge on any atom is -0.507 e. The Hall–Kier alpha value is -1.68. The fourth-order valence-electron chi connectivity index (χ4n) is 3.10. The molecule has 1 aromatic carbocycles. The van der Waals surface area contributed by atoms with Gasteiger partial charge in [-0.1, -0.05) is 0 Å². The quantitative estimate of drug-likeness (QED) is 0.688. The lowest BCUT2D eigenvalue weighted by molar-refractivity contribution is 0.0693. The molecule has 1 fully saturated rings. The summed E-state index contributed by atoms with van der Waals surface area (Å²) in [4.78, 5) is 13.3. The van der Waals surface area contributed by atoms with Crippen LogP contribution in [0.5, 0.6) is 5.75 Å². The molecule has 0 aromatic heterocycles. The van der Waals surface area contributed by atoms with Gasteiger partial charge in [0.05, 0.1) is 11.5 Å². The number of carbonyl (C=O) groups is 1. The maximum Gasteiger partial charge on any atom is 0.339 e. The number of carboxylic acids is 1. The van der Waals surface area contributed by atoms with Gasteiger partial charge >= 0.3 is 5.97 Å². The van der Waals surface area contributed by atoms with Crippen molar-refractivity contribution in [1.29, 1.82) is 0 Å². The number of methoxy groups -OCH3 is 1. The molecule has 1 saturated heterocycles. The molecule has 0 aliphatic carbocycles. The van der Waals surface area contributed by atoms with Crippen LogP contribution in [-0.4, -0.2) is 80.7 Å². The van der Waals surface area contributed by atoms with Gasteiger partial charge in [-0.2, -0.15) is 0 Å². The molecule has 9 heteroatoms. The van der Waals surface area contributed by atoms with Crippen LogP contribution in [-0.2, 0) is 14.8 Å². The largest absolute Gasteiger partial charge is 0.507 e. The van der Waals surface area contributed by atoms with Crippen LogP contribution in [0.2, 0.25) is 0 Å². The number of nitrogens with zero attached hydrogens (tertiary/aromatic N) is 2. The summed E-state index contributed by atoms with van der Waals surface area (Å²) in [5, 5.41) is 18.6. The third kappa shape index (κ3) is 4.94. The van der Waals surface area contributed by atoms with Crippen molar-refractivity contribution in [3.8, 4) is 5.75 Å². The number of hydrogen-bond donors (Lipinski definition) is 2. The van der Waals surface area contributed by atoms with Crippen LogP contribution >= 0.6 is 0 Å². The standard InChI is InChI=1S/C17H26N2O6S/c1-18(12-13-5-7-19(8-6-13)9-10-25-2)26(23,24)14-3-4-16(20)15(11-14)17(21)22/h3-4,11,13,20H,5-10,12H2,1-2H3,(H,21,22). The third-order valence-electron chi connectivity index (χ3n) is 4.74. The van der Waals surface area contributed by atoms with E-state index in [2.05, 4.69) is 4.90 Å². The van der Waals surface area contributed by atoms with E-state index in [1.165, 1.54) is 17.4 Å². The van der Waals surface area contributed by atoms with Crippen LogP contribution in [0.15, 0.2) is 23.1 Å². The second-order valence-corrected chi connectivity index (χ2v) is 8.59. The van der Waals surface area contributed by atoms with Gasteiger partial charge in [0.1, 0.15) is 11.3 Å². The van der Waals surface area contributed by atoms with E-state index in [1.54, 1.807) is 7.11 Å². The van der Waals surface area contributed by atoms with E-state index in [4.69, 9.17) is 9.84 Å². The first kappa shape index (κ1) is 20.6.